The standard InChI is InChI=1S/C12H18N2O/c1-8(2)11-13-12(15-14-11)10-6-4-5-9(3)7-10/h8,10H,3-7H2,1-2H3. The maximum Gasteiger partial charge on any atom is 0.230 e. The highest BCUT2D eigenvalue weighted by Crippen LogP contribution is 2.34. The van der Waals surface area contributed by atoms with E-state index in [0.717, 1.165) is 31.0 Å². The van der Waals surface area contributed by atoms with Crippen molar-refractivity contribution in [3.05, 3.63) is 23.9 Å². The number of hydrogen-bond donors (Lipinski definition) is 0. The number of aromatic nitrogens is 2. The molecule has 1 atom stereocenters. The summed E-state index contributed by atoms with van der Waals surface area (Å²) in [6.07, 6.45) is 4.52. The zero-order valence-electron chi connectivity index (χ0n) is 9.49. The van der Waals surface area contributed by atoms with Crippen LogP contribution in [0.2, 0.25) is 0 Å². The molecule has 1 aliphatic rings. The van der Waals surface area contributed by atoms with Gasteiger partial charge in [0.05, 0.1) is 0 Å². The van der Waals surface area contributed by atoms with Crippen molar-refractivity contribution in [2.45, 2.75) is 51.4 Å². The van der Waals surface area contributed by atoms with Crippen LogP contribution < -0.4 is 0 Å². The zero-order chi connectivity index (χ0) is 10.8. The van der Waals surface area contributed by atoms with Gasteiger partial charge in [0.15, 0.2) is 5.82 Å². The van der Waals surface area contributed by atoms with Crippen LogP contribution in [0.1, 0.15) is 63.1 Å². The summed E-state index contributed by atoms with van der Waals surface area (Å²) in [5, 5.41) is 4.00. The van der Waals surface area contributed by atoms with E-state index < -0.39 is 0 Å². The number of nitrogens with zero attached hydrogens (tertiary/aromatic N) is 2. The minimum atomic E-state index is 0.342. The third kappa shape index (κ3) is 2.28. The Balaban J connectivity index is 2.11. The van der Waals surface area contributed by atoms with Gasteiger partial charge in [-0.1, -0.05) is 31.2 Å². The van der Waals surface area contributed by atoms with Gasteiger partial charge in [-0.05, 0) is 25.7 Å². The summed E-state index contributed by atoms with van der Waals surface area (Å²) in [6.45, 7) is 8.20. The van der Waals surface area contributed by atoms with Crippen molar-refractivity contribution in [2.75, 3.05) is 0 Å². The molecule has 0 N–H and O–H groups in total. The Morgan fingerprint density at radius 1 is 1.47 bits per heavy atom. The Kier molecular flexibility index (Phi) is 2.89. The highest BCUT2D eigenvalue weighted by molar-refractivity contribution is 5.08. The molecule has 1 fully saturated rings. The third-order valence-corrected chi connectivity index (χ3v) is 2.94. The fraction of sp³-hybridized carbons (Fsp3) is 0.667. The van der Waals surface area contributed by atoms with Crippen molar-refractivity contribution < 1.29 is 4.52 Å². The van der Waals surface area contributed by atoms with Crippen molar-refractivity contribution >= 4 is 0 Å². The first-order chi connectivity index (χ1) is 7.16. The van der Waals surface area contributed by atoms with Gasteiger partial charge >= 0.3 is 0 Å². The summed E-state index contributed by atoms with van der Waals surface area (Å²) < 4.78 is 5.31. The van der Waals surface area contributed by atoms with Crippen molar-refractivity contribution in [1.29, 1.82) is 0 Å². The van der Waals surface area contributed by atoms with Gasteiger partial charge in [-0.2, -0.15) is 4.98 Å². The first-order valence-corrected chi connectivity index (χ1v) is 5.67. The van der Waals surface area contributed by atoms with Crippen LogP contribution in [0.25, 0.3) is 0 Å². The third-order valence-electron chi connectivity index (χ3n) is 2.94. The predicted molar refractivity (Wildman–Crippen MR) is 58.7 cm³/mol. The Labute approximate surface area is 90.6 Å². The first kappa shape index (κ1) is 10.4. The Bertz CT molecular complexity index is 354. The monoisotopic (exact) mass is 206 g/mol. The molecule has 3 nitrogen and oxygen atoms in total. The summed E-state index contributed by atoms with van der Waals surface area (Å²) in [6, 6.07) is 0. The van der Waals surface area contributed by atoms with Crippen molar-refractivity contribution in [3.8, 4) is 0 Å². The molecule has 0 radical (unpaired) electrons. The second-order valence-electron chi connectivity index (χ2n) is 4.69. The number of hydrogen-bond acceptors (Lipinski definition) is 3. The molecular formula is C12H18N2O. The van der Waals surface area contributed by atoms with E-state index in [1.54, 1.807) is 0 Å². The van der Waals surface area contributed by atoms with Crippen LogP contribution in [0.5, 0.6) is 0 Å². The Hall–Kier alpha value is -1.12. The normalized spacial score (nSPS) is 22.3. The molecule has 0 aliphatic heterocycles. The average molecular weight is 206 g/mol. The predicted octanol–water partition coefficient (Wildman–Crippen LogP) is 3.41. The summed E-state index contributed by atoms with van der Waals surface area (Å²) in [5.74, 6) is 2.38. The van der Waals surface area contributed by atoms with E-state index in [-0.39, 0.29) is 0 Å². The maximum atomic E-state index is 5.31. The van der Waals surface area contributed by atoms with Crippen LogP contribution in [0, 0.1) is 0 Å². The van der Waals surface area contributed by atoms with Crippen molar-refractivity contribution in [2.24, 2.45) is 0 Å². The van der Waals surface area contributed by atoms with Crippen LogP contribution in [0.3, 0.4) is 0 Å². The molecule has 0 bridgehead atoms. The molecule has 2 rings (SSSR count). The number of allylic oxidation sites excluding steroid dienone is 1. The van der Waals surface area contributed by atoms with Gasteiger partial charge in [-0.25, -0.2) is 0 Å². The average Bonchev–Trinajstić information content (AvgIpc) is 2.66. The van der Waals surface area contributed by atoms with E-state index in [1.165, 1.54) is 12.0 Å². The summed E-state index contributed by atoms with van der Waals surface area (Å²) >= 11 is 0. The fourth-order valence-electron chi connectivity index (χ4n) is 2.01. The van der Waals surface area contributed by atoms with Crippen LogP contribution in [-0.4, -0.2) is 10.1 Å². The molecule has 1 aromatic heterocycles. The molecule has 82 valence electrons. The first-order valence-electron chi connectivity index (χ1n) is 5.67. The Morgan fingerprint density at radius 2 is 2.27 bits per heavy atom. The summed E-state index contributed by atoms with van der Waals surface area (Å²) in [5.41, 5.74) is 1.32. The van der Waals surface area contributed by atoms with E-state index in [2.05, 4.69) is 30.6 Å². The molecule has 1 aromatic rings. The molecule has 3 heteroatoms. The summed E-state index contributed by atoms with van der Waals surface area (Å²) in [4.78, 5) is 4.45. The molecule has 0 aromatic carbocycles. The SMILES string of the molecule is C=C1CCCC(c2nc(C(C)C)no2)C1. The lowest BCUT2D eigenvalue weighted by molar-refractivity contribution is 0.329. The van der Waals surface area contributed by atoms with E-state index in [9.17, 15) is 0 Å². The largest absolute Gasteiger partial charge is 0.339 e. The van der Waals surface area contributed by atoms with E-state index in [4.69, 9.17) is 4.52 Å². The van der Waals surface area contributed by atoms with Crippen LogP contribution in [0.15, 0.2) is 16.7 Å². The van der Waals surface area contributed by atoms with Gasteiger partial charge in [0, 0.05) is 11.8 Å². The zero-order valence-corrected chi connectivity index (χ0v) is 9.49. The van der Waals surface area contributed by atoms with Gasteiger partial charge in [-0.15, -0.1) is 0 Å². The number of rotatable bonds is 2. The Morgan fingerprint density at radius 3 is 2.87 bits per heavy atom. The fourth-order valence-corrected chi connectivity index (χ4v) is 2.01. The molecule has 15 heavy (non-hydrogen) atoms. The van der Waals surface area contributed by atoms with Crippen LogP contribution in [0.4, 0.5) is 0 Å². The highest BCUT2D eigenvalue weighted by Gasteiger charge is 2.23. The van der Waals surface area contributed by atoms with Crippen molar-refractivity contribution in [3.63, 3.8) is 0 Å². The summed E-state index contributed by atoms with van der Waals surface area (Å²) in [7, 11) is 0. The van der Waals surface area contributed by atoms with Gasteiger partial charge < -0.3 is 4.52 Å². The van der Waals surface area contributed by atoms with Gasteiger partial charge in [0.25, 0.3) is 0 Å². The van der Waals surface area contributed by atoms with Crippen LogP contribution in [-0.2, 0) is 0 Å². The second kappa shape index (κ2) is 4.17. The quantitative estimate of drug-likeness (QED) is 0.696. The molecule has 0 amide bonds. The molecular weight excluding hydrogens is 188 g/mol. The van der Waals surface area contributed by atoms with E-state index >= 15 is 0 Å². The van der Waals surface area contributed by atoms with Gasteiger partial charge in [0.1, 0.15) is 0 Å². The molecule has 1 saturated carbocycles. The van der Waals surface area contributed by atoms with Gasteiger partial charge in [0.2, 0.25) is 5.89 Å². The lowest BCUT2D eigenvalue weighted by Crippen LogP contribution is -2.06. The highest BCUT2D eigenvalue weighted by atomic mass is 16.5. The topological polar surface area (TPSA) is 38.9 Å². The lowest BCUT2D eigenvalue weighted by Gasteiger charge is -2.19. The van der Waals surface area contributed by atoms with E-state index in [0.29, 0.717) is 11.8 Å². The lowest BCUT2D eigenvalue weighted by atomic mass is 9.86. The second-order valence-corrected chi connectivity index (χ2v) is 4.69. The smallest absolute Gasteiger partial charge is 0.230 e. The minimum Gasteiger partial charge on any atom is -0.339 e. The van der Waals surface area contributed by atoms with E-state index in [1.807, 2.05) is 0 Å². The molecule has 1 aliphatic carbocycles. The molecule has 1 unspecified atom stereocenters. The maximum absolute atomic E-state index is 5.31. The minimum absolute atomic E-state index is 0.342. The van der Waals surface area contributed by atoms with Crippen molar-refractivity contribution in [1.82, 2.24) is 10.1 Å². The molecule has 1 heterocycles. The molecule has 0 spiro atoms. The van der Waals surface area contributed by atoms with Gasteiger partial charge in [-0.3, -0.25) is 0 Å². The van der Waals surface area contributed by atoms with Crippen LogP contribution >= 0.6 is 0 Å². The molecule has 0 saturated heterocycles.